The number of hydrogen-bond acceptors (Lipinski definition) is 4. The minimum absolute atomic E-state index is 0.133. The van der Waals surface area contributed by atoms with E-state index in [1.165, 1.54) is 0 Å². The number of amides is 2. The largest absolute Gasteiger partial charge is 0.497 e. The summed E-state index contributed by atoms with van der Waals surface area (Å²) in [5.74, 6) is 0.359. The van der Waals surface area contributed by atoms with Crippen molar-refractivity contribution in [2.45, 2.75) is 20.8 Å². The first-order valence-corrected chi connectivity index (χ1v) is 8.95. The Kier molecular flexibility index (Phi) is 7.37. The fourth-order valence-corrected chi connectivity index (χ4v) is 2.66. The van der Waals surface area contributed by atoms with E-state index < -0.39 is 0 Å². The number of nitrogens with zero attached hydrogens (tertiary/aromatic N) is 1. The lowest BCUT2D eigenvalue weighted by Gasteiger charge is -2.20. The minimum Gasteiger partial charge on any atom is -0.497 e. The molecule has 6 nitrogen and oxygen atoms in total. The van der Waals surface area contributed by atoms with Crippen LogP contribution in [0.1, 0.15) is 18.1 Å². The topological polar surface area (TPSA) is 70.7 Å². The normalized spacial score (nSPS) is 10.6. The lowest BCUT2D eigenvalue weighted by molar-refractivity contribution is -0.119. The van der Waals surface area contributed by atoms with Crippen molar-refractivity contribution in [3.05, 3.63) is 53.6 Å². The molecule has 2 aromatic carbocycles. The second-order valence-corrected chi connectivity index (χ2v) is 6.38. The molecule has 0 atom stereocenters. The average Bonchev–Trinajstić information content (AvgIpc) is 2.65. The van der Waals surface area contributed by atoms with Gasteiger partial charge in [-0.1, -0.05) is 25.1 Å². The Morgan fingerprint density at radius 3 is 2.33 bits per heavy atom. The molecular weight excluding hydrogens is 342 g/mol. The number of carbonyl (C=O) groups excluding carboxylic acids is 2. The van der Waals surface area contributed by atoms with Crippen molar-refractivity contribution in [3.63, 3.8) is 0 Å². The van der Waals surface area contributed by atoms with Gasteiger partial charge in [-0.3, -0.25) is 14.5 Å². The molecule has 2 amide bonds. The zero-order valence-corrected chi connectivity index (χ0v) is 16.3. The second kappa shape index (κ2) is 9.73. The number of carbonyl (C=O) groups is 2. The third-order valence-electron chi connectivity index (χ3n) is 4.41. The van der Waals surface area contributed by atoms with Crippen LogP contribution in [0.5, 0.6) is 5.75 Å². The Balaban J connectivity index is 1.91. The van der Waals surface area contributed by atoms with Gasteiger partial charge < -0.3 is 15.4 Å². The van der Waals surface area contributed by atoms with E-state index >= 15 is 0 Å². The van der Waals surface area contributed by atoms with Gasteiger partial charge in [0.2, 0.25) is 11.8 Å². The first-order chi connectivity index (χ1) is 12.9. The number of aryl methyl sites for hydroxylation is 1. The van der Waals surface area contributed by atoms with Gasteiger partial charge in [-0.05, 0) is 49.7 Å². The number of hydrogen-bond donors (Lipinski definition) is 2. The molecule has 0 heterocycles. The molecular formula is C21H27N3O3. The number of ether oxygens (including phenoxy) is 1. The predicted octanol–water partition coefficient (Wildman–Crippen LogP) is 3.21. The third-order valence-corrected chi connectivity index (χ3v) is 4.41. The Labute approximate surface area is 160 Å². The molecule has 0 saturated carbocycles. The van der Waals surface area contributed by atoms with Crippen molar-refractivity contribution >= 4 is 23.2 Å². The van der Waals surface area contributed by atoms with Crippen LogP contribution in [0.4, 0.5) is 11.4 Å². The summed E-state index contributed by atoms with van der Waals surface area (Å²) < 4.78 is 5.15. The zero-order chi connectivity index (χ0) is 19.8. The molecule has 0 bridgehead atoms. The molecule has 0 fully saturated rings. The van der Waals surface area contributed by atoms with Gasteiger partial charge in [-0.15, -0.1) is 0 Å². The zero-order valence-electron chi connectivity index (χ0n) is 16.3. The van der Waals surface area contributed by atoms with E-state index in [1.54, 1.807) is 24.1 Å². The Morgan fingerprint density at radius 2 is 1.67 bits per heavy atom. The number of anilines is 2. The SMILES string of the molecule is CCN(CC(=O)Nc1cccc(OC)c1)CC(=O)Nc1cccc(C)c1C. The first-order valence-electron chi connectivity index (χ1n) is 8.95. The second-order valence-electron chi connectivity index (χ2n) is 6.38. The Hall–Kier alpha value is -2.86. The number of nitrogens with one attached hydrogen (secondary N) is 2. The molecule has 0 unspecified atom stereocenters. The third kappa shape index (κ3) is 6.11. The highest BCUT2D eigenvalue weighted by atomic mass is 16.5. The quantitative estimate of drug-likeness (QED) is 0.750. The van der Waals surface area contributed by atoms with E-state index in [1.807, 2.05) is 51.1 Å². The van der Waals surface area contributed by atoms with Gasteiger partial charge in [0.05, 0.1) is 20.2 Å². The van der Waals surface area contributed by atoms with Crippen molar-refractivity contribution < 1.29 is 14.3 Å². The molecule has 0 saturated heterocycles. The van der Waals surface area contributed by atoms with Crippen LogP contribution in [0.25, 0.3) is 0 Å². The summed E-state index contributed by atoms with van der Waals surface area (Å²) in [4.78, 5) is 26.4. The maximum absolute atomic E-state index is 12.4. The van der Waals surface area contributed by atoms with Crippen LogP contribution in [-0.4, -0.2) is 43.5 Å². The highest BCUT2D eigenvalue weighted by Gasteiger charge is 2.14. The van der Waals surface area contributed by atoms with E-state index in [0.717, 1.165) is 16.8 Å². The fraction of sp³-hybridized carbons (Fsp3) is 0.333. The van der Waals surface area contributed by atoms with Crippen molar-refractivity contribution in [3.8, 4) is 5.75 Å². The molecule has 0 aliphatic carbocycles. The molecule has 6 heteroatoms. The van der Waals surface area contributed by atoms with Crippen LogP contribution in [0.2, 0.25) is 0 Å². The van der Waals surface area contributed by atoms with Crippen LogP contribution >= 0.6 is 0 Å². The van der Waals surface area contributed by atoms with Crippen molar-refractivity contribution in [1.29, 1.82) is 0 Å². The lowest BCUT2D eigenvalue weighted by Crippen LogP contribution is -2.38. The molecule has 2 N–H and O–H groups in total. The first kappa shape index (κ1) is 20.5. The molecule has 27 heavy (non-hydrogen) atoms. The van der Waals surface area contributed by atoms with Crippen molar-refractivity contribution in [2.75, 3.05) is 37.4 Å². The van der Waals surface area contributed by atoms with Crippen LogP contribution < -0.4 is 15.4 Å². The van der Waals surface area contributed by atoms with E-state index in [9.17, 15) is 9.59 Å². The summed E-state index contributed by atoms with van der Waals surface area (Å²) in [6.07, 6.45) is 0. The standard InChI is InChI=1S/C21H27N3O3/c1-5-24(13-20(25)22-17-9-7-10-18(12-17)27-4)14-21(26)23-19-11-6-8-15(2)16(19)3/h6-12H,5,13-14H2,1-4H3,(H,22,25)(H,23,26). The Morgan fingerprint density at radius 1 is 1.00 bits per heavy atom. The van der Waals surface area contributed by atoms with Gasteiger partial charge in [0.15, 0.2) is 0 Å². The number of rotatable bonds is 8. The minimum atomic E-state index is -0.176. The van der Waals surface area contributed by atoms with Crippen molar-refractivity contribution in [1.82, 2.24) is 4.90 Å². The van der Waals surface area contributed by atoms with Gasteiger partial charge in [-0.2, -0.15) is 0 Å². The number of benzene rings is 2. The molecule has 0 aliphatic rings. The smallest absolute Gasteiger partial charge is 0.238 e. The summed E-state index contributed by atoms with van der Waals surface area (Å²) in [7, 11) is 1.58. The molecule has 0 radical (unpaired) electrons. The summed E-state index contributed by atoms with van der Waals surface area (Å²) in [5.41, 5.74) is 3.63. The highest BCUT2D eigenvalue weighted by Crippen LogP contribution is 2.18. The monoisotopic (exact) mass is 369 g/mol. The molecule has 2 rings (SSSR count). The maximum Gasteiger partial charge on any atom is 0.238 e. The van der Waals surface area contributed by atoms with Crippen LogP contribution in [-0.2, 0) is 9.59 Å². The van der Waals surface area contributed by atoms with Gasteiger partial charge in [0.1, 0.15) is 5.75 Å². The summed E-state index contributed by atoms with van der Waals surface area (Å²) in [6, 6.07) is 13.0. The van der Waals surface area contributed by atoms with Gasteiger partial charge >= 0.3 is 0 Å². The summed E-state index contributed by atoms with van der Waals surface area (Å²) >= 11 is 0. The fourth-order valence-electron chi connectivity index (χ4n) is 2.66. The van der Waals surface area contributed by atoms with Crippen molar-refractivity contribution in [2.24, 2.45) is 0 Å². The predicted molar refractivity (Wildman–Crippen MR) is 108 cm³/mol. The highest BCUT2D eigenvalue weighted by molar-refractivity contribution is 5.95. The summed E-state index contributed by atoms with van der Waals surface area (Å²) in [5, 5.41) is 5.75. The molecule has 144 valence electrons. The van der Waals surface area contributed by atoms with E-state index in [2.05, 4.69) is 10.6 Å². The summed E-state index contributed by atoms with van der Waals surface area (Å²) in [6.45, 7) is 6.77. The average molecular weight is 369 g/mol. The van der Waals surface area contributed by atoms with Crippen LogP contribution in [0.3, 0.4) is 0 Å². The van der Waals surface area contributed by atoms with Gasteiger partial charge in [0.25, 0.3) is 0 Å². The number of methoxy groups -OCH3 is 1. The van der Waals surface area contributed by atoms with Gasteiger partial charge in [-0.25, -0.2) is 0 Å². The number of likely N-dealkylation sites (N-methyl/N-ethyl adjacent to an activating group) is 1. The van der Waals surface area contributed by atoms with Gasteiger partial charge in [0, 0.05) is 17.4 Å². The Bertz CT molecular complexity index is 805. The molecule has 0 aliphatic heterocycles. The molecule has 0 aromatic heterocycles. The maximum atomic E-state index is 12.4. The molecule has 0 spiro atoms. The molecule has 2 aromatic rings. The van der Waals surface area contributed by atoms with E-state index in [-0.39, 0.29) is 24.9 Å². The van der Waals surface area contributed by atoms with Crippen LogP contribution in [0, 0.1) is 13.8 Å². The van der Waals surface area contributed by atoms with Crippen LogP contribution in [0.15, 0.2) is 42.5 Å². The lowest BCUT2D eigenvalue weighted by atomic mass is 10.1. The van der Waals surface area contributed by atoms with E-state index in [0.29, 0.717) is 18.0 Å². The van der Waals surface area contributed by atoms with E-state index in [4.69, 9.17) is 4.74 Å².